The fraction of sp³-hybridized carbons (Fsp3) is 0.125. The zero-order valence-corrected chi connectivity index (χ0v) is 19.7. The van der Waals surface area contributed by atoms with Crippen molar-refractivity contribution < 1.29 is 3.02 Å². The first-order chi connectivity index (χ1) is 15.0. The third kappa shape index (κ3) is 5.28. The molecule has 0 aliphatic rings. The van der Waals surface area contributed by atoms with Crippen molar-refractivity contribution in [3.8, 4) is 11.3 Å². The van der Waals surface area contributed by atoms with Crippen LogP contribution in [0.25, 0.3) is 11.3 Å². The minimum absolute atomic E-state index is 0.330. The Morgan fingerprint density at radius 1 is 0.935 bits per heavy atom. The number of hydrogen-bond donors (Lipinski definition) is 4. The molecule has 0 saturated heterocycles. The third-order valence-electron chi connectivity index (χ3n) is 5.28. The van der Waals surface area contributed by atoms with Gasteiger partial charge in [-0.2, -0.15) is 0 Å². The number of rotatable bonds is 8. The van der Waals surface area contributed by atoms with Crippen molar-refractivity contribution in [2.45, 2.75) is 17.0 Å². The van der Waals surface area contributed by atoms with Gasteiger partial charge in [-0.1, -0.05) is 0 Å². The van der Waals surface area contributed by atoms with Crippen LogP contribution in [0.4, 0.5) is 5.95 Å². The minimum atomic E-state index is -4.41. The van der Waals surface area contributed by atoms with E-state index in [0.29, 0.717) is 22.4 Å². The molecule has 1 aromatic heterocycles. The Hall–Kier alpha value is -2.79. The van der Waals surface area contributed by atoms with Gasteiger partial charge in [-0.3, -0.25) is 0 Å². The summed E-state index contributed by atoms with van der Waals surface area (Å²) in [4.78, 5) is 7.07. The molecule has 7 heteroatoms. The molecule has 0 saturated carbocycles. The van der Waals surface area contributed by atoms with E-state index in [-0.39, 0.29) is 3.99 Å². The van der Waals surface area contributed by atoms with Crippen molar-refractivity contribution in [2.24, 2.45) is 3.89 Å². The Morgan fingerprint density at radius 3 is 2.26 bits per heavy atom. The molecule has 0 aliphatic carbocycles. The van der Waals surface area contributed by atoms with Crippen molar-refractivity contribution in [1.29, 1.82) is 0 Å². The molecule has 2 unspecified atom stereocenters. The second kappa shape index (κ2) is 9.56. The summed E-state index contributed by atoms with van der Waals surface area (Å²) in [7, 11) is 0. The van der Waals surface area contributed by atoms with Crippen LogP contribution in [0.1, 0.15) is 11.1 Å². The van der Waals surface area contributed by atoms with E-state index in [9.17, 15) is 3.02 Å². The van der Waals surface area contributed by atoms with Gasteiger partial charge in [-0.25, -0.2) is 0 Å². The number of nitrogens with two attached hydrogens (primary N) is 2. The molecule has 4 aromatic rings. The Morgan fingerprint density at radius 2 is 1.61 bits per heavy atom. The summed E-state index contributed by atoms with van der Waals surface area (Å²) >= 11 is -4.41. The molecule has 0 radical (unpaired) electrons. The molecule has 0 fully saturated rings. The van der Waals surface area contributed by atoms with Crippen LogP contribution in [0.3, 0.4) is 0 Å². The van der Waals surface area contributed by atoms with Gasteiger partial charge in [0.2, 0.25) is 0 Å². The van der Waals surface area contributed by atoms with Crippen LogP contribution in [-0.2, 0) is 16.0 Å². The number of imidazole rings is 1. The summed E-state index contributed by atoms with van der Waals surface area (Å²) in [6.45, 7) is 0.602. The number of nitrogen functional groups attached to an aromatic ring is 1. The van der Waals surface area contributed by atoms with E-state index in [0.717, 1.165) is 22.4 Å². The monoisotopic (exact) mass is 521 g/mol. The fourth-order valence-corrected chi connectivity index (χ4v) is 8.89. The number of nitrogens with one attached hydrogen (secondary N) is 2. The molecule has 4 rings (SSSR count). The van der Waals surface area contributed by atoms with Crippen molar-refractivity contribution in [3.63, 3.8) is 0 Å². The summed E-state index contributed by atoms with van der Waals surface area (Å²) in [5.41, 5.74) is 9.59. The van der Waals surface area contributed by atoms with Gasteiger partial charge in [-0.05, 0) is 0 Å². The molecular weight excluding hydrogens is 496 g/mol. The summed E-state index contributed by atoms with van der Waals surface area (Å²) < 4.78 is 21.1. The number of benzene rings is 3. The van der Waals surface area contributed by atoms with Crippen molar-refractivity contribution in [1.82, 2.24) is 15.3 Å². The van der Waals surface area contributed by atoms with Crippen molar-refractivity contribution in [3.05, 3.63) is 102 Å². The molecule has 158 valence electrons. The number of H-pyrrole nitrogens is 1. The Labute approximate surface area is 186 Å². The first kappa shape index (κ1) is 21.4. The third-order valence-corrected chi connectivity index (χ3v) is 12.1. The molecule has 31 heavy (non-hydrogen) atoms. The van der Waals surface area contributed by atoms with Crippen LogP contribution in [0, 0.1) is 0 Å². The van der Waals surface area contributed by atoms with Gasteiger partial charge in [0.25, 0.3) is 0 Å². The van der Waals surface area contributed by atoms with Crippen LogP contribution >= 0.6 is 0 Å². The van der Waals surface area contributed by atoms with Crippen LogP contribution in [0.2, 0.25) is 0 Å². The van der Waals surface area contributed by atoms with E-state index in [2.05, 4.69) is 15.3 Å². The summed E-state index contributed by atoms with van der Waals surface area (Å²) in [6.07, 6.45) is 2.27. The summed E-state index contributed by atoms with van der Waals surface area (Å²) in [6, 6.07) is 27.7. The second-order valence-corrected chi connectivity index (χ2v) is 14.8. The first-order valence-corrected chi connectivity index (χ1v) is 15.4. The molecular formula is C24H26N5OSb. The molecule has 6 N–H and O–H groups in total. The van der Waals surface area contributed by atoms with E-state index in [1.165, 1.54) is 0 Å². The standard InChI is InChI=1S/C15H16N.C9H8N3.H2N.O.Sb/c1-3-7-14(8-4-1)11-12-16-13-15-9-5-2-6-10-15;10-9-11-6-8(12-9)7-4-2-1-3-5-7;;;/h1-10,12,16H,11,13H2;1-2,4-6H,(H3,10,11,12);1H2;;/q;;-1;;+1. The number of aromatic amines is 1. The maximum atomic E-state index is 14.1. The van der Waals surface area contributed by atoms with Gasteiger partial charge in [-0.15, -0.1) is 0 Å². The van der Waals surface area contributed by atoms with Crippen LogP contribution in [-0.4, -0.2) is 33.0 Å². The molecule has 0 aliphatic heterocycles. The number of nitrogens with zero attached hydrogens (tertiary/aromatic N) is 1. The predicted molar refractivity (Wildman–Crippen MR) is 126 cm³/mol. The fourth-order valence-electron chi connectivity index (χ4n) is 3.57. The summed E-state index contributed by atoms with van der Waals surface area (Å²) in [5.74, 6) is 0.343. The Bertz CT molecular complexity index is 1180. The van der Waals surface area contributed by atoms with E-state index in [4.69, 9.17) is 9.63 Å². The molecule has 6 nitrogen and oxygen atoms in total. The normalized spacial score (nSPS) is 14.1. The van der Waals surface area contributed by atoms with E-state index < -0.39 is 19.1 Å². The van der Waals surface area contributed by atoms with Crippen LogP contribution in [0.5, 0.6) is 0 Å². The molecule has 0 spiro atoms. The Balaban J connectivity index is 1.64. The molecule has 1 heterocycles. The van der Waals surface area contributed by atoms with Gasteiger partial charge >= 0.3 is 187 Å². The second-order valence-electron chi connectivity index (χ2n) is 7.51. The van der Waals surface area contributed by atoms with Gasteiger partial charge in [0, 0.05) is 0 Å². The Kier molecular flexibility index (Phi) is 6.61. The molecule has 2 atom stereocenters. The topological polar surface area (TPSA) is 110 Å². The molecule has 3 aromatic carbocycles. The van der Waals surface area contributed by atoms with Crippen LogP contribution < -0.4 is 18.5 Å². The first-order valence-electron chi connectivity index (χ1n) is 10.1. The number of hydrogen-bond acceptors (Lipinski definition) is 4. The average molecular weight is 522 g/mol. The quantitative estimate of drug-likeness (QED) is 0.266. The molecule has 0 bridgehead atoms. The average Bonchev–Trinajstić information content (AvgIpc) is 3.24. The van der Waals surface area contributed by atoms with Gasteiger partial charge in [0.1, 0.15) is 0 Å². The van der Waals surface area contributed by atoms with Gasteiger partial charge in [0.05, 0.1) is 0 Å². The van der Waals surface area contributed by atoms with Gasteiger partial charge < -0.3 is 0 Å². The zero-order valence-electron chi connectivity index (χ0n) is 17.1. The number of anilines is 1. The zero-order chi connectivity index (χ0) is 21.7. The van der Waals surface area contributed by atoms with Crippen LogP contribution in [0.15, 0.2) is 91.1 Å². The number of aromatic nitrogens is 2. The SMILES string of the molecule is Nc1ncc(-c2ccc[c]([Sb]([NH2])(=[O])[CH](Cc3ccccc3)NCc3ccccc3)c2)[nH]1. The van der Waals surface area contributed by atoms with E-state index in [1.54, 1.807) is 6.20 Å². The van der Waals surface area contributed by atoms with Crippen molar-refractivity contribution in [2.75, 3.05) is 5.73 Å². The molecule has 0 amide bonds. The summed E-state index contributed by atoms with van der Waals surface area (Å²) in [5, 5.41) is 3.50. The van der Waals surface area contributed by atoms with Gasteiger partial charge in [0.15, 0.2) is 0 Å². The predicted octanol–water partition coefficient (Wildman–Crippen LogP) is 2.64. The van der Waals surface area contributed by atoms with E-state index in [1.807, 2.05) is 84.9 Å². The van der Waals surface area contributed by atoms with E-state index >= 15 is 0 Å². The maximum absolute atomic E-state index is 14.1. The van der Waals surface area contributed by atoms with Crippen molar-refractivity contribution >= 4 is 28.5 Å².